The zero-order valence-corrected chi connectivity index (χ0v) is 49.7. The predicted molar refractivity (Wildman–Crippen MR) is 317 cm³/mol. The lowest BCUT2D eigenvalue weighted by Gasteiger charge is -2.18. The molecule has 0 bridgehead atoms. The van der Waals surface area contributed by atoms with E-state index in [1.165, 1.54) is 276 Å². The van der Waals surface area contributed by atoms with Crippen LogP contribution in [0.3, 0.4) is 0 Å². The highest BCUT2D eigenvalue weighted by Gasteiger charge is 2.19. The van der Waals surface area contributed by atoms with Gasteiger partial charge in [-0.1, -0.05) is 328 Å². The Morgan fingerprint density at radius 1 is 0.260 bits per heavy atom. The lowest BCUT2D eigenvalue weighted by molar-refractivity contribution is -0.167. The zero-order valence-electron chi connectivity index (χ0n) is 49.7. The molecule has 0 rings (SSSR count). The van der Waals surface area contributed by atoms with E-state index < -0.39 is 6.10 Å². The highest BCUT2D eigenvalue weighted by atomic mass is 16.6. The van der Waals surface area contributed by atoms with Crippen LogP contribution in [0.15, 0.2) is 12.2 Å². The van der Waals surface area contributed by atoms with Gasteiger partial charge in [0.2, 0.25) is 0 Å². The second-order valence-corrected chi connectivity index (χ2v) is 22.7. The van der Waals surface area contributed by atoms with Crippen LogP contribution in [0.25, 0.3) is 0 Å². The molecule has 0 N–H and O–H groups in total. The van der Waals surface area contributed by atoms with Crippen LogP contribution >= 0.6 is 0 Å². The van der Waals surface area contributed by atoms with Crippen LogP contribution in [0.2, 0.25) is 0 Å². The van der Waals surface area contributed by atoms with Crippen molar-refractivity contribution in [3.8, 4) is 0 Å². The summed E-state index contributed by atoms with van der Waals surface area (Å²) in [6.45, 7) is 6.71. The molecular formula is C67H128O6. The average molecular weight is 1030 g/mol. The van der Waals surface area contributed by atoms with E-state index in [1.54, 1.807) is 0 Å². The maximum atomic E-state index is 12.9. The van der Waals surface area contributed by atoms with E-state index in [0.717, 1.165) is 64.2 Å². The zero-order chi connectivity index (χ0) is 52.9. The minimum atomic E-state index is -0.770. The van der Waals surface area contributed by atoms with E-state index in [2.05, 4.69) is 32.9 Å². The summed E-state index contributed by atoms with van der Waals surface area (Å²) in [6, 6.07) is 0. The minimum absolute atomic E-state index is 0.0668. The Bertz CT molecular complexity index is 1130. The number of hydrogen-bond acceptors (Lipinski definition) is 6. The largest absolute Gasteiger partial charge is 0.462 e. The third kappa shape index (κ3) is 60.9. The molecule has 0 aliphatic rings. The highest BCUT2D eigenvalue weighted by Crippen LogP contribution is 2.18. The maximum Gasteiger partial charge on any atom is 0.306 e. The molecule has 0 saturated carbocycles. The van der Waals surface area contributed by atoms with Crippen LogP contribution in [-0.2, 0) is 28.6 Å². The van der Waals surface area contributed by atoms with Crippen molar-refractivity contribution in [2.45, 2.75) is 386 Å². The van der Waals surface area contributed by atoms with Gasteiger partial charge in [-0.05, 0) is 44.9 Å². The molecule has 6 nitrogen and oxygen atoms in total. The van der Waals surface area contributed by atoms with Crippen molar-refractivity contribution in [2.24, 2.45) is 0 Å². The topological polar surface area (TPSA) is 78.9 Å². The molecule has 0 aromatic heterocycles. The summed E-state index contributed by atoms with van der Waals surface area (Å²) in [5.74, 6) is -0.844. The van der Waals surface area contributed by atoms with E-state index >= 15 is 0 Å². The molecule has 0 radical (unpaired) electrons. The fourth-order valence-electron chi connectivity index (χ4n) is 10.3. The van der Waals surface area contributed by atoms with E-state index in [4.69, 9.17) is 14.2 Å². The molecular weight excluding hydrogens is 901 g/mol. The fraction of sp³-hybridized carbons (Fsp3) is 0.925. The van der Waals surface area contributed by atoms with Gasteiger partial charge in [0.25, 0.3) is 0 Å². The normalized spacial score (nSPS) is 12.0. The van der Waals surface area contributed by atoms with Crippen molar-refractivity contribution in [1.29, 1.82) is 0 Å². The number of rotatable bonds is 62. The summed E-state index contributed by atoms with van der Waals surface area (Å²) in [7, 11) is 0. The summed E-state index contributed by atoms with van der Waals surface area (Å²) < 4.78 is 16.9. The van der Waals surface area contributed by atoms with Crippen LogP contribution in [0.5, 0.6) is 0 Å². The van der Waals surface area contributed by atoms with E-state index in [9.17, 15) is 14.4 Å². The molecule has 6 heteroatoms. The Balaban J connectivity index is 4.21. The third-order valence-corrected chi connectivity index (χ3v) is 15.3. The molecule has 0 aliphatic heterocycles. The second kappa shape index (κ2) is 62.7. The molecule has 0 spiro atoms. The van der Waals surface area contributed by atoms with E-state index in [1.807, 2.05) is 0 Å². The van der Waals surface area contributed by atoms with Gasteiger partial charge < -0.3 is 14.2 Å². The molecule has 0 amide bonds. The van der Waals surface area contributed by atoms with Gasteiger partial charge in [-0.25, -0.2) is 0 Å². The smallest absolute Gasteiger partial charge is 0.306 e. The third-order valence-electron chi connectivity index (χ3n) is 15.3. The van der Waals surface area contributed by atoms with Crippen molar-refractivity contribution in [1.82, 2.24) is 0 Å². The van der Waals surface area contributed by atoms with E-state index in [0.29, 0.717) is 19.3 Å². The van der Waals surface area contributed by atoms with Crippen LogP contribution in [0.4, 0.5) is 0 Å². The van der Waals surface area contributed by atoms with Gasteiger partial charge in [-0.2, -0.15) is 0 Å². The Hall–Kier alpha value is -1.85. The molecule has 1 atom stereocenters. The fourth-order valence-corrected chi connectivity index (χ4v) is 10.3. The van der Waals surface area contributed by atoms with Gasteiger partial charge in [0.15, 0.2) is 6.10 Å². The van der Waals surface area contributed by atoms with Crippen LogP contribution in [-0.4, -0.2) is 37.2 Å². The monoisotopic (exact) mass is 1030 g/mol. The Morgan fingerprint density at radius 2 is 0.452 bits per heavy atom. The van der Waals surface area contributed by atoms with Crippen LogP contribution in [0, 0.1) is 0 Å². The standard InChI is InChI=1S/C67H128O6/c1-4-7-10-13-16-19-22-25-28-29-30-31-32-33-34-35-36-37-40-42-45-48-51-54-57-60-66(69)72-63-64(73-67(70)61-58-55-52-49-46-43-39-27-24-21-18-15-12-9-6-3)62-71-65(68)59-56-53-50-47-44-41-38-26-23-20-17-14-11-8-5-2/h27,39,64H,4-26,28-38,40-63H2,1-3H3/b39-27-. The van der Waals surface area contributed by atoms with Crippen LogP contribution in [0.1, 0.15) is 380 Å². The van der Waals surface area contributed by atoms with Crippen LogP contribution < -0.4 is 0 Å². The molecule has 0 heterocycles. The highest BCUT2D eigenvalue weighted by molar-refractivity contribution is 5.71. The quantitative estimate of drug-likeness (QED) is 0.0261. The van der Waals surface area contributed by atoms with Crippen molar-refractivity contribution >= 4 is 17.9 Å². The number of allylic oxidation sites excluding steroid dienone is 2. The first kappa shape index (κ1) is 71.2. The number of unbranched alkanes of at least 4 members (excludes halogenated alkanes) is 49. The lowest BCUT2D eigenvalue weighted by Crippen LogP contribution is -2.30. The first-order valence-electron chi connectivity index (χ1n) is 33.2. The first-order valence-corrected chi connectivity index (χ1v) is 33.2. The number of carbonyl (C=O) groups is 3. The molecule has 0 aromatic carbocycles. The predicted octanol–water partition coefficient (Wildman–Crippen LogP) is 22.4. The average Bonchev–Trinajstić information content (AvgIpc) is 3.39. The second-order valence-electron chi connectivity index (χ2n) is 22.7. The molecule has 0 saturated heterocycles. The van der Waals surface area contributed by atoms with Gasteiger partial charge in [0.05, 0.1) is 0 Å². The minimum Gasteiger partial charge on any atom is -0.462 e. The first-order chi connectivity index (χ1) is 36.0. The summed E-state index contributed by atoms with van der Waals surface area (Å²) in [4.78, 5) is 38.3. The van der Waals surface area contributed by atoms with Gasteiger partial charge in [0.1, 0.15) is 13.2 Å². The van der Waals surface area contributed by atoms with Gasteiger partial charge in [-0.3, -0.25) is 14.4 Å². The SMILES string of the molecule is CCCCCCCC/C=C\CCCCCCCC(=O)OC(COC(=O)CCCCCCCCCCCCCCCCC)COC(=O)CCCCCCCCCCCCCCCCCCCCCCCCCCC. The Morgan fingerprint density at radius 3 is 0.685 bits per heavy atom. The van der Waals surface area contributed by atoms with Gasteiger partial charge >= 0.3 is 17.9 Å². The lowest BCUT2D eigenvalue weighted by atomic mass is 10.0. The Kier molecular flexibility index (Phi) is 61.1. The molecule has 0 fully saturated rings. The summed E-state index contributed by atoms with van der Waals surface area (Å²) in [5, 5.41) is 0. The van der Waals surface area contributed by atoms with Crippen molar-refractivity contribution < 1.29 is 28.6 Å². The number of hydrogen-bond donors (Lipinski definition) is 0. The van der Waals surface area contributed by atoms with Crippen molar-refractivity contribution in [3.63, 3.8) is 0 Å². The van der Waals surface area contributed by atoms with E-state index in [-0.39, 0.29) is 31.1 Å². The molecule has 1 unspecified atom stereocenters. The molecule has 73 heavy (non-hydrogen) atoms. The van der Waals surface area contributed by atoms with Crippen molar-refractivity contribution in [2.75, 3.05) is 13.2 Å². The summed E-state index contributed by atoms with van der Waals surface area (Å²) in [6.07, 6.45) is 73.7. The summed E-state index contributed by atoms with van der Waals surface area (Å²) >= 11 is 0. The van der Waals surface area contributed by atoms with Crippen molar-refractivity contribution in [3.05, 3.63) is 12.2 Å². The van der Waals surface area contributed by atoms with Gasteiger partial charge in [0, 0.05) is 19.3 Å². The summed E-state index contributed by atoms with van der Waals surface area (Å²) in [5.41, 5.74) is 0. The van der Waals surface area contributed by atoms with Gasteiger partial charge in [-0.15, -0.1) is 0 Å². The number of carbonyl (C=O) groups excluding carboxylic acids is 3. The molecule has 0 aliphatic carbocycles. The maximum absolute atomic E-state index is 12.9. The molecule has 432 valence electrons. The number of esters is 3. The number of ether oxygens (including phenoxy) is 3. The Labute approximate surface area is 456 Å². The molecule has 0 aromatic rings.